The van der Waals surface area contributed by atoms with Gasteiger partial charge in [-0.3, -0.25) is 9.48 Å². The highest BCUT2D eigenvalue weighted by Gasteiger charge is 2.41. The fourth-order valence-corrected chi connectivity index (χ4v) is 4.30. The van der Waals surface area contributed by atoms with E-state index in [-0.39, 0.29) is 5.91 Å². The zero-order chi connectivity index (χ0) is 16.1. The number of rotatable bonds is 5. The summed E-state index contributed by atoms with van der Waals surface area (Å²) >= 11 is 0. The molecule has 2 fully saturated rings. The molecule has 23 heavy (non-hydrogen) atoms. The van der Waals surface area contributed by atoms with Crippen molar-refractivity contribution in [2.24, 2.45) is 11.8 Å². The van der Waals surface area contributed by atoms with E-state index in [0.717, 1.165) is 50.7 Å². The maximum atomic E-state index is 12.9. The minimum atomic E-state index is -0.505. The van der Waals surface area contributed by atoms with Crippen molar-refractivity contribution < 1.29 is 4.79 Å². The molecule has 0 bridgehead atoms. The molecule has 1 saturated heterocycles. The van der Waals surface area contributed by atoms with Crippen LogP contribution in [0.3, 0.4) is 0 Å². The van der Waals surface area contributed by atoms with Gasteiger partial charge in [-0.05, 0) is 56.7 Å². The molecule has 1 amide bonds. The zero-order valence-electron chi connectivity index (χ0n) is 14.3. The van der Waals surface area contributed by atoms with Crippen LogP contribution in [0.4, 0.5) is 0 Å². The van der Waals surface area contributed by atoms with Crippen LogP contribution < -0.4 is 10.6 Å². The van der Waals surface area contributed by atoms with Crippen LogP contribution in [-0.4, -0.2) is 35.3 Å². The maximum Gasteiger partial charge on any atom is 0.248 e. The molecule has 1 aliphatic carbocycles. The molecule has 0 spiro atoms. The highest BCUT2D eigenvalue weighted by atomic mass is 16.2. The number of aromatic nitrogens is 2. The molecule has 128 valence electrons. The molecule has 2 heterocycles. The van der Waals surface area contributed by atoms with Gasteiger partial charge in [-0.15, -0.1) is 0 Å². The Labute approximate surface area is 139 Å². The smallest absolute Gasteiger partial charge is 0.248 e. The molecule has 5 nitrogen and oxygen atoms in total. The van der Waals surface area contributed by atoms with Gasteiger partial charge in [0.05, 0.1) is 0 Å². The monoisotopic (exact) mass is 318 g/mol. The Balaban J connectivity index is 1.56. The summed E-state index contributed by atoms with van der Waals surface area (Å²) in [5.41, 5.74) is -0.505. The SMILES string of the molecule is CC1CCCC(CCNC(=O)C2(n3cccn3)CCNCC2)C1. The second-order valence-corrected chi connectivity index (χ2v) is 7.41. The molecule has 5 heteroatoms. The summed E-state index contributed by atoms with van der Waals surface area (Å²) in [6.07, 6.45) is 11.8. The Bertz CT molecular complexity index is 493. The third kappa shape index (κ3) is 3.77. The number of carbonyl (C=O) groups is 1. The Kier molecular flexibility index (Phi) is 5.36. The highest BCUT2D eigenvalue weighted by molar-refractivity contribution is 5.84. The Morgan fingerprint density at radius 1 is 1.39 bits per heavy atom. The van der Waals surface area contributed by atoms with Gasteiger partial charge in [0.15, 0.2) is 0 Å². The lowest BCUT2D eigenvalue weighted by Gasteiger charge is -2.36. The number of piperidine rings is 1. The Morgan fingerprint density at radius 2 is 2.22 bits per heavy atom. The third-order valence-electron chi connectivity index (χ3n) is 5.68. The average molecular weight is 318 g/mol. The first-order valence-corrected chi connectivity index (χ1v) is 9.20. The summed E-state index contributed by atoms with van der Waals surface area (Å²) in [7, 11) is 0. The van der Waals surface area contributed by atoms with E-state index in [9.17, 15) is 4.79 Å². The first-order valence-electron chi connectivity index (χ1n) is 9.20. The highest BCUT2D eigenvalue weighted by Crippen LogP contribution is 2.31. The summed E-state index contributed by atoms with van der Waals surface area (Å²) in [4.78, 5) is 12.9. The van der Waals surface area contributed by atoms with E-state index in [4.69, 9.17) is 0 Å². The second-order valence-electron chi connectivity index (χ2n) is 7.41. The van der Waals surface area contributed by atoms with E-state index in [1.165, 1.54) is 25.7 Å². The van der Waals surface area contributed by atoms with Crippen LogP contribution in [0.2, 0.25) is 0 Å². The fourth-order valence-electron chi connectivity index (χ4n) is 4.30. The van der Waals surface area contributed by atoms with Gasteiger partial charge in [0.25, 0.3) is 0 Å². The minimum Gasteiger partial charge on any atom is -0.354 e. The number of carbonyl (C=O) groups excluding carboxylic acids is 1. The summed E-state index contributed by atoms with van der Waals surface area (Å²) in [5.74, 6) is 1.78. The van der Waals surface area contributed by atoms with E-state index in [0.29, 0.717) is 0 Å². The molecule has 2 aliphatic rings. The van der Waals surface area contributed by atoms with Gasteiger partial charge in [0.2, 0.25) is 5.91 Å². The molecule has 3 rings (SSSR count). The lowest BCUT2D eigenvalue weighted by atomic mass is 9.81. The van der Waals surface area contributed by atoms with Crippen molar-refractivity contribution in [2.75, 3.05) is 19.6 Å². The van der Waals surface area contributed by atoms with E-state index >= 15 is 0 Å². The van der Waals surface area contributed by atoms with Gasteiger partial charge in [-0.2, -0.15) is 5.10 Å². The number of nitrogens with one attached hydrogen (secondary N) is 2. The van der Waals surface area contributed by atoms with Crippen molar-refractivity contribution >= 4 is 5.91 Å². The number of hydrogen-bond acceptors (Lipinski definition) is 3. The predicted octanol–water partition coefficient (Wildman–Crippen LogP) is 2.29. The molecule has 1 aromatic rings. The van der Waals surface area contributed by atoms with Crippen LogP contribution in [0.1, 0.15) is 51.9 Å². The fraction of sp³-hybridized carbons (Fsp3) is 0.778. The van der Waals surface area contributed by atoms with Gasteiger partial charge in [-0.25, -0.2) is 0 Å². The summed E-state index contributed by atoms with van der Waals surface area (Å²) < 4.78 is 1.87. The molecule has 0 aromatic carbocycles. The normalized spacial score (nSPS) is 27.5. The van der Waals surface area contributed by atoms with Gasteiger partial charge >= 0.3 is 0 Å². The van der Waals surface area contributed by atoms with E-state index in [1.54, 1.807) is 6.20 Å². The van der Waals surface area contributed by atoms with Gasteiger partial charge in [0.1, 0.15) is 5.54 Å². The Hall–Kier alpha value is -1.36. The first-order chi connectivity index (χ1) is 11.2. The van der Waals surface area contributed by atoms with Crippen LogP contribution in [0, 0.1) is 11.8 Å². The number of amides is 1. The molecular formula is C18H30N4O. The van der Waals surface area contributed by atoms with Crippen molar-refractivity contribution in [3.8, 4) is 0 Å². The molecule has 2 N–H and O–H groups in total. The molecule has 1 aromatic heterocycles. The lowest BCUT2D eigenvalue weighted by Crippen LogP contribution is -2.54. The van der Waals surface area contributed by atoms with E-state index < -0.39 is 5.54 Å². The van der Waals surface area contributed by atoms with Crippen molar-refractivity contribution in [3.63, 3.8) is 0 Å². The summed E-state index contributed by atoms with van der Waals surface area (Å²) in [5, 5.41) is 10.9. The van der Waals surface area contributed by atoms with Crippen molar-refractivity contribution in [1.29, 1.82) is 0 Å². The quantitative estimate of drug-likeness (QED) is 0.876. The van der Waals surface area contributed by atoms with Crippen LogP contribution in [0.5, 0.6) is 0 Å². The van der Waals surface area contributed by atoms with Crippen molar-refractivity contribution in [1.82, 2.24) is 20.4 Å². The molecule has 0 radical (unpaired) electrons. The van der Waals surface area contributed by atoms with Crippen LogP contribution in [-0.2, 0) is 10.3 Å². The number of nitrogens with zero attached hydrogens (tertiary/aromatic N) is 2. The number of hydrogen-bond donors (Lipinski definition) is 2. The van der Waals surface area contributed by atoms with E-state index in [2.05, 4.69) is 22.7 Å². The minimum absolute atomic E-state index is 0.145. The predicted molar refractivity (Wildman–Crippen MR) is 91.1 cm³/mol. The summed E-state index contributed by atoms with van der Waals surface area (Å²) in [6.45, 7) is 4.89. The standard InChI is InChI=1S/C18H30N4O/c1-15-4-2-5-16(14-15)6-10-20-17(23)18(7-11-19-12-8-18)22-13-3-9-21-22/h3,9,13,15-16,19H,2,4-8,10-12,14H2,1H3,(H,20,23). The molecule has 2 atom stereocenters. The van der Waals surface area contributed by atoms with Crippen molar-refractivity contribution in [2.45, 2.75) is 57.4 Å². The molecule has 2 unspecified atom stereocenters. The average Bonchev–Trinajstić information content (AvgIpc) is 3.10. The van der Waals surface area contributed by atoms with E-state index in [1.807, 2.05) is 16.9 Å². The summed E-state index contributed by atoms with van der Waals surface area (Å²) in [6, 6.07) is 1.90. The van der Waals surface area contributed by atoms with Crippen LogP contribution in [0.15, 0.2) is 18.5 Å². The van der Waals surface area contributed by atoms with Crippen molar-refractivity contribution in [3.05, 3.63) is 18.5 Å². The first kappa shape index (κ1) is 16.5. The molecular weight excluding hydrogens is 288 g/mol. The molecule has 1 saturated carbocycles. The van der Waals surface area contributed by atoms with Gasteiger partial charge in [0, 0.05) is 18.9 Å². The largest absolute Gasteiger partial charge is 0.354 e. The van der Waals surface area contributed by atoms with Gasteiger partial charge < -0.3 is 10.6 Å². The Morgan fingerprint density at radius 3 is 2.91 bits per heavy atom. The maximum absolute atomic E-state index is 12.9. The third-order valence-corrected chi connectivity index (χ3v) is 5.68. The molecule has 1 aliphatic heterocycles. The second kappa shape index (κ2) is 7.47. The van der Waals surface area contributed by atoms with Gasteiger partial charge in [-0.1, -0.05) is 26.2 Å². The van der Waals surface area contributed by atoms with Crippen LogP contribution >= 0.6 is 0 Å². The lowest BCUT2D eigenvalue weighted by molar-refractivity contribution is -0.132. The zero-order valence-corrected chi connectivity index (χ0v) is 14.3. The van der Waals surface area contributed by atoms with Crippen LogP contribution in [0.25, 0.3) is 0 Å². The topological polar surface area (TPSA) is 59.0 Å².